The molecular weight excluding hydrogens is 254 g/mol. The maximum atomic E-state index is 9.03. The zero-order valence-corrected chi connectivity index (χ0v) is 12.3. The predicted octanol–water partition coefficient (Wildman–Crippen LogP) is 0.893. The van der Waals surface area contributed by atoms with Crippen LogP contribution in [0.2, 0.25) is 0 Å². The van der Waals surface area contributed by atoms with E-state index in [1.807, 2.05) is 20.8 Å². The highest BCUT2D eigenvalue weighted by Gasteiger charge is 2.35. The SMILES string of the molecule is CC(C)(N=NC(C)(CC#N)C1=NCCN1)C1=NCCN1. The third kappa shape index (κ3) is 2.95. The van der Waals surface area contributed by atoms with E-state index < -0.39 is 11.1 Å². The fraction of sp³-hybridized carbons (Fsp3) is 0.769. The summed E-state index contributed by atoms with van der Waals surface area (Å²) in [6, 6.07) is 2.17. The molecule has 0 spiro atoms. The lowest BCUT2D eigenvalue weighted by molar-refractivity contribution is 0.530. The molecule has 0 radical (unpaired) electrons. The first kappa shape index (κ1) is 14.4. The normalized spacial score (nSPS) is 21.7. The van der Waals surface area contributed by atoms with Crippen molar-refractivity contribution in [3.63, 3.8) is 0 Å². The second-order valence-corrected chi connectivity index (χ2v) is 5.68. The van der Waals surface area contributed by atoms with Crippen LogP contribution in [0.15, 0.2) is 20.2 Å². The fourth-order valence-electron chi connectivity index (χ4n) is 2.17. The van der Waals surface area contributed by atoms with Gasteiger partial charge in [-0.05, 0) is 20.8 Å². The Morgan fingerprint density at radius 3 is 2.20 bits per heavy atom. The Bertz CT molecular complexity index is 497. The molecule has 0 aromatic carbocycles. The molecule has 0 amide bonds. The minimum atomic E-state index is -0.707. The third-order valence-electron chi connectivity index (χ3n) is 3.38. The van der Waals surface area contributed by atoms with Crippen LogP contribution in [0.25, 0.3) is 0 Å². The predicted molar refractivity (Wildman–Crippen MR) is 78.2 cm³/mol. The lowest BCUT2D eigenvalue weighted by atomic mass is 9.98. The maximum absolute atomic E-state index is 9.03. The first-order chi connectivity index (χ1) is 9.48. The van der Waals surface area contributed by atoms with Crippen molar-refractivity contribution < 1.29 is 0 Å². The number of hydrogen-bond donors (Lipinski definition) is 2. The molecule has 2 heterocycles. The Hall–Kier alpha value is -1.97. The lowest BCUT2D eigenvalue weighted by Crippen LogP contribution is -2.42. The van der Waals surface area contributed by atoms with Gasteiger partial charge in [0.1, 0.15) is 22.7 Å². The molecule has 0 aromatic heterocycles. The molecule has 1 atom stereocenters. The van der Waals surface area contributed by atoms with E-state index in [2.05, 4.69) is 36.9 Å². The average Bonchev–Trinajstić information content (AvgIpc) is 3.09. The van der Waals surface area contributed by atoms with Gasteiger partial charge in [0.25, 0.3) is 0 Å². The Labute approximate surface area is 119 Å². The number of rotatable bonds is 5. The summed E-state index contributed by atoms with van der Waals surface area (Å²) in [6.45, 7) is 8.95. The van der Waals surface area contributed by atoms with Crippen molar-refractivity contribution in [1.82, 2.24) is 10.6 Å². The van der Waals surface area contributed by atoms with E-state index in [-0.39, 0.29) is 6.42 Å². The van der Waals surface area contributed by atoms with Crippen LogP contribution < -0.4 is 10.6 Å². The van der Waals surface area contributed by atoms with Crippen molar-refractivity contribution in [2.45, 2.75) is 38.3 Å². The van der Waals surface area contributed by atoms with E-state index in [1.54, 1.807) is 0 Å². The highest BCUT2D eigenvalue weighted by atomic mass is 15.3. The first-order valence-corrected chi connectivity index (χ1v) is 6.86. The second kappa shape index (κ2) is 5.57. The minimum absolute atomic E-state index is 0.248. The summed E-state index contributed by atoms with van der Waals surface area (Å²) in [5, 5.41) is 24.3. The number of nitrogens with one attached hydrogen (secondary N) is 2. The van der Waals surface area contributed by atoms with E-state index in [4.69, 9.17) is 5.26 Å². The van der Waals surface area contributed by atoms with E-state index in [0.29, 0.717) is 0 Å². The van der Waals surface area contributed by atoms with Crippen LogP contribution >= 0.6 is 0 Å². The molecule has 7 heteroatoms. The van der Waals surface area contributed by atoms with Crippen molar-refractivity contribution in [1.29, 1.82) is 5.26 Å². The van der Waals surface area contributed by atoms with E-state index >= 15 is 0 Å². The lowest BCUT2D eigenvalue weighted by Gasteiger charge is -2.25. The van der Waals surface area contributed by atoms with Crippen LogP contribution in [0.1, 0.15) is 27.2 Å². The molecule has 2 aliphatic heterocycles. The highest BCUT2D eigenvalue weighted by molar-refractivity contribution is 5.93. The number of nitrogens with zero attached hydrogens (tertiary/aromatic N) is 5. The molecule has 20 heavy (non-hydrogen) atoms. The molecule has 2 rings (SSSR count). The van der Waals surface area contributed by atoms with Crippen molar-refractivity contribution >= 4 is 11.7 Å². The number of aliphatic imine (C=N–C) groups is 2. The molecule has 0 aliphatic carbocycles. The van der Waals surface area contributed by atoms with Crippen LogP contribution in [-0.2, 0) is 0 Å². The van der Waals surface area contributed by atoms with Gasteiger partial charge >= 0.3 is 0 Å². The van der Waals surface area contributed by atoms with E-state index in [0.717, 1.165) is 37.9 Å². The van der Waals surface area contributed by atoms with Gasteiger partial charge in [-0.3, -0.25) is 9.98 Å². The zero-order chi connectivity index (χ0) is 14.6. The van der Waals surface area contributed by atoms with Gasteiger partial charge in [0.2, 0.25) is 0 Å². The van der Waals surface area contributed by atoms with Gasteiger partial charge in [0.15, 0.2) is 0 Å². The van der Waals surface area contributed by atoms with Gasteiger partial charge in [-0.2, -0.15) is 15.5 Å². The summed E-state index contributed by atoms with van der Waals surface area (Å²) in [7, 11) is 0. The topological polar surface area (TPSA) is 97.3 Å². The van der Waals surface area contributed by atoms with Gasteiger partial charge in [-0.1, -0.05) is 0 Å². The molecule has 7 nitrogen and oxygen atoms in total. The van der Waals surface area contributed by atoms with Gasteiger partial charge in [0.05, 0.1) is 25.6 Å². The second-order valence-electron chi connectivity index (χ2n) is 5.68. The van der Waals surface area contributed by atoms with Crippen LogP contribution in [-0.4, -0.2) is 48.9 Å². The van der Waals surface area contributed by atoms with Crippen LogP contribution in [0.4, 0.5) is 0 Å². The summed E-state index contributed by atoms with van der Waals surface area (Å²) in [5.74, 6) is 1.60. The zero-order valence-electron chi connectivity index (χ0n) is 12.3. The molecule has 1 unspecified atom stereocenters. The molecule has 0 bridgehead atoms. The smallest absolute Gasteiger partial charge is 0.148 e. The van der Waals surface area contributed by atoms with Gasteiger partial charge in [0, 0.05) is 13.1 Å². The molecule has 0 fully saturated rings. The van der Waals surface area contributed by atoms with Gasteiger partial charge in [-0.25, -0.2) is 0 Å². The standard InChI is InChI=1S/C13H21N7/c1-12(2,10-15-6-7-16-10)19-20-13(3,4-5-14)11-17-8-9-18-11/h4,6-9H2,1-3H3,(H,15,16)(H,17,18). The van der Waals surface area contributed by atoms with Crippen molar-refractivity contribution in [2.24, 2.45) is 20.2 Å². The summed E-state index contributed by atoms with van der Waals surface area (Å²) in [4.78, 5) is 8.77. The molecule has 0 saturated heterocycles. The van der Waals surface area contributed by atoms with Crippen LogP contribution in [0.3, 0.4) is 0 Å². The van der Waals surface area contributed by atoms with Crippen molar-refractivity contribution in [3.05, 3.63) is 0 Å². The Morgan fingerprint density at radius 1 is 1.10 bits per heavy atom. The maximum Gasteiger partial charge on any atom is 0.148 e. The highest BCUT2D eigenvalue weighted by Crippen LogP contribution is 2.22. The summed E-state index contributed by atoms with van der Waals surface area (Å²) in [6.07, 6.45) is 0.248. The number of hydrogen-bond acceptors (Lipinski definition) is 7. The summed E-state index contributed by atoms with van der Waals surface area (Å²) in [5.41, 5.74) is -1.21. The monoisotopic (exact) mass is 275 g/mol. The molecule has 108 valence electrons. The molecule has 2 aliphatic rings. The molecule has 0 aromatic rings. The number of azo groups is 1. The average molecular weight is 275 g/mol. The molecular formula is C13H21N7. The fourth-order valence-corrected chi connectivity index (χ4v) is 2.17. The summed E-state index contributed by atoms with van der Waals surface area (Å²) >= 11 is 0. The van der Waals surface area contributed by atoms with Crippen LogP contribution in [0.5, 0.6) is 0 Å². The van der Waals surface area contributed by atoms with Gasteiger partial charge in [-0.15, -0.1) is 0 Å². The van der Waals surface area contributed by atoms with E-state index in [9.17, 15) is 0 Å². The first-order valence-electron chi connectivity index (χ1n) is 6.86. The van der Waals surface area contributed by atoms with Crippen molar-refractivity contribution in [3.8, 4) is 6.07 Å². The molecule has 0 saturated carbocycles. The quantitative estimate of drug-likeness (QED) is 0.729. The Morgan fingerprint density at radius 2 is 1.70 bits per heavy atom. The Balaban J connectivity index is 2.19. The largest absolute Gasteiger partial charge is 0.370 e. The van der Waals surface area contributed by atoms with Crippen molar-refractivity contribution in [2.75, 3.05) is 26.2 Å². The summed E-state index contributed by atoms with van der Waals surface area (Å²) < 4.78 is 0. The molecule has 2 N–H and O–H groups in total. The van der Waals surface area contributed by atoms with E-state index in [1.165, 1.54) is 0 Å². The number of amidine groups is 2. The van der Waals surface area contributed by atoms with Gasteiger partial charge < -0.3 is 10.6 Å². The minimum Gasteiger partial charge on any atom is -0.370 e. The Kier molecular flexibility index (Phi) is 4.02. The van der Waals surface area contributed by atoms with Crippen LogP contribution in [0, 0.1) is 11.3 Å². The number of nitriles is 1. The third-order valence-corrected chi connectivity index (χ3v) is 3.38.